The maximum Gasteiger partial charge on any atom is 0.227 e. The number of nitrogens with zero attached hydrogens (tertiary/aromatic N) is 1. The van der Waals surface area contributed by atoms with Crippen LogP contribution in [-0.2, 0) is 16.0 Å². The van der Waals surface area contributed by atoms with E-state index in [0.717, 1.165) is 24.9 Å². The van der Waals surface area contributed by atoms with Crippen LogP contribution in [-0.4, -0.2) is 36.6 Å². The molecule has 3 rings (SSSR count). The average molecular weight is 302 g/mol. The molecule has 22 heavy (non-hydrogen) atoms. The Labute approximate surface area is 130 Å². The van der Waals surface area contributed by atoms with Crippen molar-refractivity contribution in [2.75, 3.05) is 24.6 Å². The number of benzene rings is 1. The number of carbonyl (C=O) groups excluding carboxylic acids is 2. The summed E-state index contributed by atoms with van der Waals surface area (Å²) in [6, 6.07) is 7.87. The molecular weight excluding hydrogens is 280 g/mol. The zero-order chi connectivity index (χ0) is 15.6. The number of hydrogen-bond acceptors (Lipinski definition) is 3. The molecule has 5 nitrogen and oxygen atoms in total. The molecule has 0 spiro atoms. The van der Waals surface area contributed by atoms with E-state index in [-0.39, 0.29) is 23.8 Å². The minimum absolute atomic E-state index is 0.0596. The summed E-state index contributed by atoms with van der Waals surface area (Å²) in [4.78, 5) is 25.8. The molecule has 1 fully saturated rings. The number of aliphatic hydroxyl groups excluding tert-OH is 1. The summed E-state index contributed by atoms with van der Waals surface area (Å²) < 4.78 is 0. The van der Waals surface area contributed by atoms with E-state index in [1.54, 1.807) is 4.90 Å². The number of amides is 2. The normalized spacial score (nSPS) is 18.8. The Bertz CT molecular complexity index is 581. The third kappa shape index (κ3) is 3.14. The molecule has 0 bridgehead atoms. The largest absolute Gasteiger partial charge is 0.396 e. The van der Waals surface area contributed by atoms with Gasteiger partial charge < -0.3 is 15.3 Å². The lowest BCUT2D eigenvalue weighted by molar-refractivity contribution is -0.121. The molecule has 0 radical (unpaired) electrons. The van der Waals surface area contributed by atoms with Gasteiger partial charge in [0.25, 0.3) is 0 Å². The highest BCUT2D eigenvalue weighted by Crippen LogP contribution is 2.44. The van der Waals surface area contributed by atoms with E-state index in [0.29, 0.717) is 25.9 Å². The van der Waals surface area contributed by atoms with E-state index in [1.807, 2.05) is 24.3 Å². The first-order chi connectivity index (χ1) is 10.6. The minimum atomic E-state index is -0.0802. The Kier molecular flexibility index (Phi) is 4.16. The van der Waals surface area contributed by atoms with Crippen molar-refractivity contribution in [2.24, 2.45) is 5.41 Å². The quantitative estimate of drug-likeness (QED) is 0.831. The first kappa shape index (κ1) is 15.0. The topological polar surface area (TPSA) is 69.6 Å². The number of hydrogen-bond donors (Lipinski definition) is 2. The van der Waals surface area contributed by atoms with Gasteiger partial charge in [0.2, 0.25) is 11.8 Å². The van der Waals surface area contributed by atoms with Crippen molar-refractivity contribution in [1.29, 1.82) is 0 Å². The van der Waals surface area contributed by atoms with Crippen molar-refractivity contribution in [2.45, 2.75) is 32.1 Å². The predicted molar refractivity (Wildman–Crippen MR) is 83.5 cm³/mol. The molecule has 2 N–H and O–H groups in total. The second kappa shape index (κ2) is 6.08. The summed E-state index contributed by atoms with van der Waals surface area (Å²) in [5.41, 5.74) is 2.02. The van der Waals surface area contributed by atoms with Crippen LogP contribution in [0.4, 0.5) is 5.69 Å². The SMILES string of the molecule is O=C(CCN1C(=O)CCc2ccccc21)NCC1(CO)CC1. The molecule has 0 aromatic heterocycles. The van der Waals surface area contributed by atoms with Crippen LogP contribution in [0.25, 0.3) is 0 Å². The third-order valence-corrected chi connectivity index (χ3v) is 4.71. The molecule has 1 aliphatic carbocycles. The number of nitrogens with one attached hydrogen (secondary N) is 1. The van der Waals surface area contributed by atoms with Gasteiger partial charge in [0.05, 0.1) is 6.61 Å². The van der Waals surface area contributed by atoms with Gasteiger partial charge in [-0.15, -0.1) is 0 Å². The van der Waals surface area contributed by atoms with E-state index < -0.39 is 0 Å². The van der Waals surface area contributed by atoms with Crippen LogP contribution in [0, 0.1) is 5.41 Å². The Morgan fingerprint density at radius 2 is 2.05 bits per heavy atom. The molecule has 118 valence electrons. The van der Waals surface area contributed by atoms with E-state index >= 15 is 0 Å². The van der Waals surface area contributed by atoms with Crippen molar-refractivity contribution in [1.82, 2.24) is 5.32 Å². The van der Waals surface area contributed by atoms with Crippen LogP contribution in [0.2, 0.25) is 0 Å². The first-order valence-corrected chi connectivity index (χ1v) is 7.89. The van der Waals surface area contributed by atoms with Gasteiger partial charge in [-0.05, 0) is 30.9 Å². The third-order valence-electron chi connectivity index (χ3n) is 4.71. The highest BCUT2D eigenvalue weighted by atomic mass is 16.3. The zero-order valence-electron chi connectivity index (χ0n) is 12.7. The zero-order valence-corrected chi connectivity index (χ0v) is 12.7. The number of rotatable bonds is 6. The number of anilines is 1. The van der Waals surface area contributed by atoms with Crippen molar-refractivity contribution < 1.29 is 14.7 Å². The molecule has 1 aromatic rings. The van der Waals surface area contributed by atoms with Gasteiger partial charge in [-0.1, -0.05) is 18.2 Å². The fourth-order valence-electron chi connectivity index (χ4n) is 2.90. The molecular formula is C17H22N2O3. The van der Waals surface area contributed by atoms with Crippen molar-refractivity contribution in [3.8, 4) is 0 Å². The fraction of sp³-hybridized carbons (Fsp3) is 0.529. The molecule has 0 unspecified atom stereocenters. The van der Waals surface area contributed by atoms with E-state index in [9.17, 15) is 14.7 Å². The fourth-order valence-corrected chi connectivity index (χ4v) is 2.90. The van der Waals surface area contributed by atoms with E-state index in [1.165, 1.54) is 5.56 Å². The van der Waals surface area contributed by atoms with Gasteiger partial charge >= 0.3 is 0 Å². The lowest BCUT2D eigenvalue weighted by atomic mass is 10.0. The predicted octanol–water partition coefficient (Wildman–Crippen LogP) is 1.24. The number of para-hydroxylation sites is 1. The Balaban J connectivity index is 1.54. The van der Waals surface area contributed by atoms with E-state index in [4.69, 9.17) is 0 Å². The Morgan fingerprint density at radius 3 is 2.77 bits per heavy atom. The van der Waals surface area contributed by atoms with Crippen molar-refractivity contribution in [3.05, 3.63) is 29.8 Å². The molecule has 1 aromatic carbocycles. The van der Waals surface area contributed by atoms with Gasteiger partial charge in [0, 0.05) is 37.0 Å². The standard InChI is InChI=1S/C17H22N2O3/c20-12-17(8-9-17)11-18-15(21)7-10-19-14-4-2-1-3-13(14)5-6-16(19)22/h1-4,20H,5-12H2,(H,18,21). The smallest absolute Gasteiger partial charge is 0.227 e. The molecule has 1 heterocycles. The molecule has 0 atom stereocenters. The lowest BCUT2D eigenvalue weighted by Gasteiger charge is -2.29. The monoisotopic (exact) mass is 302 g/mol. The first-order valence-electron chi connectivity index (χ1n) is 7.89. The Hall–Kier alpha value is -1.88. The van der Waals surface area contributed by atoms with Crippen molar-refractivity contribution in [3.63, 3.8) is 0 Å². The molecule has 1 saturated carbocycles. The van der Waals surface area contributed by atoms with Crippen LogP contribution < -0.4 is 10.2 Å². The van der Waals surface area contributed by atoms with Gasteiger partial charge in [-0.3, -0.25) is 9.59 Å². The van der Waals surface area contributed by atoms with Crippen LogP contribution >= 0.6 is 0 Å². The number of fused-ring (bicyclic) bond motifs is 1. The number of carbonyl (C=O) groups is 2. The summed E-state index contributed by atoms with van der Waals surface area (Å²) in [7, 11) is 0. The highest BCUT2D eigenvalue weighted by molar-refractivity contribution is 5.96. The second-order valence-corrected chi connectivity index (χ2v) is 6.36. The van der Waals surface area contributed by atoms with Crippen LogP contribution in [0.5, 0.6) is 0 Å². The molecule has 1 aliphatic heterocycles. The molecule has 2 amide bonds. The van der Waals surface area contributed by atoms with Gasteiger partial charge in [-0.25, -0.2) is 0 Å². The van der Waals surface area contributed by atoms with Gasteiger partial charge in [0.15, 0.2) is 0 Å². The number of aryl methyl sites for hydroxylation is 1. The summed E-state index contributed by atoms with van der Waals surface area (Å²) in [6.07, 6.45) is 3.52. The van der Waals surface area contributed by atoms with Crippen LogP contribution in [0.15, 0.2) is 24.3 Å². The highest BCUT2D eigenvalue weighted by Gasteiger charge is 2.42. The second-order valence-electron chi connectivity index (χ2n) is 6.36. The molecule has 5 heteroatoms. The average Bonchev–Trinajstić information content (AvgIpc) is 3.32. The number of aliphatic hydroxyl groups is 1. The summed E-state index contributed by atoms with van der Waals surface area (Å²) in [5.74, 6) is 0.0242. The van der Waals surface area contributed by atoms with Gasteiger partial charge in [0.1, 0.15) is 0 Å². The summed E-state index contributed by atoms with van der Waals surface area (Å²) in [5, 5.41) is 12.1. The molecule has 0 saturated heterocycles. The van der Waals surface area contributed by atoms with E-state index in [2.05, 4.69) is 5.32 Å². The maximum absolute atomic E-state index is 12.1. The summed E-state index contributed by atoms with van der Waals surface area (Å²) in [6.45, 7) is 1.08. The maximum atomic E-state index is 12.1. The summed E-state index contributed by atoms with van der Waals surface area (Å²) >= 11 is 0. The van der Waals surface area contributed by atoms with Crippen LogP contribution in [0.1, 0.15) is 31.2 Å². The molecule has 2 aliphatic rings. The van der Waals surface area contributed by atoms with Gasteiger partial charge in [-0.2, -0.15) is 0 Å². The minimum Gasteiger partial charge on any atom is -0.396 e. The Morgan fingerprint density at radius 1 is 1.27 bits per heavy atom. The van der Waals surface area contributed by atoms with Crippen LogP contribution in [0.3, 0.4) is 0 Å². The van der Waals surface area contributed by atoms with Crippen molar-refractivity contribution >= 4 is 17.5 Å². The lowest BCUT2D eigenvalue weighted by Crippen LogP contribution is -2.39.